The fourth-order valence-electron chi connectivity index (χ4n) is 0.753. The zero-order valence-corrected chi connectivity index (χ0v) is 10.3. The Morgan fingerprint density at radius 3 is 2.17 bits per heavy atom. The van der Waals surface area contributed by atoms with Gasteiger partial charge in [0.2, 0.25) is 0 Å². The second-order valence-corrected chi connectivity index (χ2v) is 3.18. The summed E-state index contributed by atoms with van der Waals surface area (Å²) in [4.78, 5) is 8.53. The van der Waals surface area contributed by atoms with Crippen LogP contribution in [0.2, 0.25) is 0 Å². The van der Waals surface area contributed by atoms with E-state index in [1.807, 2.05) is 0 Å². The normalized spacial score (nSPS) is 13.0. The fourth-order valence-corrected chi connectivity index (χ4v) is 1.18. The van der Waals surface area contributed by atoms with Crippen LogP contribution in [0, 0.1) is 40.8 Å². The molecule has 12 heavy (non-hydrogen) atoms. The van der Waals surface area contributed by atoms with Gasteiger partial charge in [-0.25, -0.2) is 0 Å². The average Bonchev–Trinajstić information content (AvgIpc) is 2.05. The van der Waals surface area contributed by atoms with Crippen LogP contribution in [0.25, 0.3) is 0 Å². The molecule has 1 aromatic rings. The van der Waals surface area contributed by atoms with E-state index in [0.717, 1.165) is 0 Å². The number of rotatable bonds is 2. The molecule has 2 atom stereocenters. The molecule has 2 N–H and O–H groups in total. The van der Waals surface area contributed by atoms with Gasteiger partial charge in [-0.1, -0.05) is 30.3 Å². The Labute approximate surface area is 104 Å². The van der Waals surface area contributed by atoms with Gasteiger partial charge >= 0.3 is 13.9 Å². The first-order chi connectivity index (χ1) is 5.22. The largest absolute Gasteiger partial charge is 0.542 e. The van der Waals surface area contributed by atoms with Crippen LogP contribution < -0.4 is 0 Å². The van der Waals surface area contributed by atoms with Gasteiger partial charge in [-0.15, -0.1) is 0 Å². The van der Waals surface area contributed by atoms with E-state index in [4.69, 9.17) is 10.00 Å². The van der Waals surface area contributed by atoms with Crippen LogP contribution in [0.15, 0.2) is 30.3 Å². The smallest absolute Gasteiger partial charge is 0.345 e. The molecular weight excluding hydrogens is 307 g/mol. The minimum absolute atomic E-state index is 0. The van der Waals surface area contributed by atoms with Crippen molar-refractivity contribution in [2.24, 2.45) is 0 Å². The molecule has 1 rings (SSSR count). The summed E-state index contributed by atoms with van der Waals surface area (Å²) < 4.78 is 10.4. The molecule has 62 valence electrons. The summed E-state index contributed by atoms with van der Waals surface area (Å²) in [6, 6.07) is 8.40. The average molecular weight is 315 g/mol. The first-order valence-corrected chi connectivity index (χ1v) is 4.38. The molecule has 0 aliphatic rings. The zero-order chi connectivity index (χ0) is 8.27. The van der Waals surface area contributed by atoms with Gasteiger partial charge in [0.25, 0.3) is 0 Å². The standard InChI is InChI=1S/C7H7O3P.Nd/c8-7(11(9)10)6-4-2-1-3-5-6;/h1-5,7-8H;/p+1. The van der Waals surface area contributed by atoms with Gasteiger partial charge in [-0.3, -0.25) is 0 Å². The minimum Gasteiger partial charge on any atom is -0.345 e. The van der Waals surface area contributed by atoms with E-state index < -0.39 is 13.9 Å². The van der Waals surface area contributed by atoms with Crippen LogP contribution in [-0.2, 0) is 4.57 Å². The van der Waals surface area contributed by atoms with Crippen LogP contribution in [0.4, 0.5) is 0 Å². The number of hydrogen-bond donors (Lipinski definition) is 2. The van der Waals surface area contributed by atoms with Crippen molar-refractivity contribution in [3.8, 4) is 0 Å². The summed E-state index contributed by atoms with van der Waals surface area (Å²) in [5.74, 6) is -1.26. The van der Waals surface area contributed by atoms with Crippen LogP contribution >= 0.6 is 8.03 Å². The molecule has 0 aliphatic heterocycles. The quantitative estimate of drug-likeness (QED) is 0.812. The Balaban J connectivity index is 0.00000121. The maximum absolute atomic E-state index is 10.4. The van der Waals surface area contributed by atoms with Crippen LogP contribution in [0.3, 0.4) is 0 Å². The molecule has 5 heteroatoms. The minimum atomic E-state index is -2.53. The molecular formula is C7H8NdO3P+. The van der Waals surface area contributed by atoms with Crippen molar-refractivity contribution in [2.45, 2.75) is 5.85 Å². The van der Waals surface area contributed by atoms with Crippen molar-refractivity contribution in [3.63, 3.8) is 0 Å². The Bertz CT molecular complexity index is 252. The topological polar surface area (TPSA) is 57.5 Å². The third-order valence-electron chi connectivity index (χ3n) is 1.31. The Hall–Kier alpha value is 0.591. The molecule has 0 fully saturated rings. The van der Waals surface area contributed by atoms with Gasteiger partial charge in [-0.05, 0) is 4.57 Å². The summed E-state index contributed by atoms with van der Waals surface area (Å²) in [5, 5.41) is 9.06. The molecule has 1 aromatic carbocycles. The molecule has 0 saturated heterocycles. The molecule has 0 bridgehead atoms. The Kier molecular flexibility index (Phi) is 6.41. The van der Waals surface area contributed by atoms with Crippen molar-refractivity contribution >= 4 is 8.03 Å². The van der Waals surface area contributed by atoms with E-state index in [9.17, 15) is 4.57 Å². The monoisotopic (exact) mass is 313 g/mol. The molecule has 0 radical (unpaired) electrons. The zero-order valence-electron chi connectivity index (χ0n) is 6.21. The first kappa shape index (κ1) is 12.6. The van der Waals surface area contributed by atoms with Gasteiger partial charge in [0.05, 0.1) is 0 Å². The number of aliphatic hydroxyl groups excluding tert-OH is 1. The number of hydrogen-bond acceptors (Lipinski definition) is 2. The van der Waals surface area contributed by atoms with Crippen LogP contribution in [0.1, 0.15) is 11.4 Å². The summed E-state index contributed by atoms with van der Waals surface area (Å²) in [6.45, 7) is 0. The SMILES string of the molecule is O=[P+](O)C(O)c1ccccc1.[Nd]. The third-order valence-corrected chi connectivity index (χ3v) is 2.02. The van der Waals surface area contributed by atoms with Crippen LogP contribution in [-0.4, -0.2) is 10.00 Å². The molecule has 3 nitrogen and oxygen atoms in total. The van der Waals surface area contributed by atoms with E-state index >= 15 is 0 Å². The van der Waals surface area contributed by atoms with Gasteiger partial charge in [0.1, 0.15) is 0 Å². The molecule has 0 spiro atoms. The van der Waals surface area contributed by atoms with Crippen molar-refractivity contribution in [3.05, 3.63) is 35.9 Å². The second-order valence-electron chi connectivity index (χ2n) is 2.09. The van der Waals surface area contributed by atoms with Gasteiger partial charge in [0, 0.05) is 46.4 Å². The van der Waals surface area contributed by atoms with E-state index in [1.165, 1.54) is 0 Å². The maximum Gasteiger partial charge on any atom is 0.542 e. The summed E-state index contributed by atoms with van der Waals surface area (Å²) in [6.07, 6.45) is 0. The Morgan fingerprint density at radius 2 is 1.75 bits per heavy atom. The summed E-state index contributed by atoms with van der Waals surface area (Å²) in [5.41, 5.74) is 0.469. The fraction of sp³-hybridized carbons (Fsp3) is 0.143. The van der Waals surface area contributed by atoms with Gasteiger partial charge in [-0.2, -0.15) is 4.89 Å². The van der Waals surface area contributed by atoms with Crippen molar-refractivity contribution in [2.75, 3.05) is 0 Å². The Morgan fingerprint density at radius 1 is 1.25 bits per heavy atom. The number of benzene rings is 1. The molecule has 0 aliphatic carbocycles. The molecule has 0 saturated carbocycles. The number of aliphatic hydroxyl groups is 1. The molecule has 2 unspecified atom stereocenters. The van der Waals surface area contributed by atoms with Crippen molar-refractivity contribution in [1.82, 2.24) is 0 Å². The van der Waals surface area contributed by atoms with Crippen LogP contribution in [0.5, 0.6) is 0 Å². The van der Waals surface area contributed by atoms with E-state index in [-0.39, 0.29) is 40.8 Å². The van der Waals surface area contributed by atoms with Gasteiger partial charge < -0.3 is 5.11 Å². The van der Waals surface area contributed by atoms with Crippen molar-refractivity contribution < 1.29 is 55.4 Å². The predicted octanol–water partition coefficient (Wildman–Crippen LogP) is 1.41. The van der Waals surface area contributed by atoms with Crippen molar-refractivity contribution in [1.29, 1.82) is 0 Å². The predicted molar refractivity (Wildman–Crippen MR) is 41.2 cm³/mol. The summed E-state index contributed by atoms with van der Waals surface area (Å²) >= 11 is 0. The molecule has 0 amide bonds. The molecule has 0 aromatic heterocycles. The first-order valence-electron chi connectivity index (χ1n) is 3.10. The third kappa shape index (κ3) is 3.54. The second kappa shape index (κ2) is 6.11. The maximum atomic E-state index is 10.4. The molecule has 0 heterocycles. The van der Waals surface area contributed by atoms with E-state index in [2.05, 4.69) is 0 Å². The summed E-state index contributed by atoms with van der Waals surface area (Å²) in [7, 11) is -2.53. The van der Waals surface area contributed by atoms with Gasteiger partial charge in [0.15, 0.2) is 0 Å². The van der Waals surface area contributed by atoms with E-state index in [0.29, 0.717) is 5.56 Å². The van der Waals surface area contributed by atoms with E-state index in [1.54, 1.807) is 30.3 Å².